The van der Waals surface area contributed by atoms with E-state index in [1.54, 1.807) is 6.33 Å². The Bertz CT molecular complexity index is 678. The number of nitrogens with one attached hydrogen (secondary N) is 1. The maximum atomic E-state index is 5.91. The highest BCUT2D eigenvalue weighted by molar-refractivity contribution is 7.71. The fourth-order valence-electron chi connectivity index (χ4n) is 2.74. The number of nitrogens with zero attached hydrogens (tertiary/aromatic N) is 1. The van der Waals surface area contributed by atoms with E-state index >= 15 is 0 Å². The Morgan fingerprint density at radius 1 is 1.40 bits per heavy atom. The minimum Gasteiger partial charge on any atom is -0.493 e. The standard InChI is InChI=1S/C16H18N2OS/c1-2-5-13-14(17-10-18-16(13)20)12-8-3-6-11-7-4-9-19-15(11)12/h3,6,8,10H,2,4-5,7,9H2,1H3,(H,17,18,20). The minimum atomic E-state index is 0.689. The lowest BCUT2D eigenvalue weighted by Gasteiger charge is -2.21. The summed E-state index contributed by atoms with van der Waals surface area (Å²) in [5, 5.41) is 0. The van der Waals surface area contributed by atoms with Crippen molar-refractivity contribution in [2.45, 2.75) is 32.6 Å². The Morgan fingerprint density at radius 2 is 2.30 bits per heavy atom. The Morgan fingerprint density at radius 3 is 3.15 bits per heavy atom. The van der Waals surface area contributed by atoms with Crippen molar-refractivity contribution in [3.63, 3.8) is 0 Å². The van der Waals surface area contributed by atoms with Crippen molar-refractivity contribution in [2.75, 3.05) is 6.61 Å². The third-order valence-electron chi connectivity index (χ3n) is 3.65. The molecule has 20 heavy (non-hydrogen) atoms. The lowest BCUT2D eigenvalue weighted by atomic mass is 9.97. The fourth-order valence-corrected chi connectivity index (χ4v) is 2.99. The van der Waals surface area contributed by atoms with Gasteiger partial charge in [-0.05, 0) is 30.9 Å². The highest BCUT2D eigenvalue weighted by Gasteiger charge is 2.18. The molecule has 0 bridgehead atoms. The normalized spacial score (nSPS) is 13.7. The van der Waals surface area contributed by atoms with Gasteiger partial charge in [0.05, 0.1) is 18.6 Å². The van der Waals surface area contributed by atoms with Crippen molar-refractivity contribution < 1.29 is 4.74 Å². The van der Waals surface area contributed by atoms with Crippen LogP contribution in [-0.2, 0) is 12.8 Å². The lowest BCUT2D eigenvalue weighted by molar-refractivity contribution is 0.289. The van der Waals surface area contributed by atoms with E-state index in [4.69, 9.17) is 17.0 Å². The van der Waals surface area contributed by atoms with Crippen LogP contribution in [0.1, 0.15) is 30.9 Å². The van der Waals surface area contributed by atoms with Gasteiger partial charge in [0.15, 0.2) is 0 Å². The smallest absolute Gasteiger partial charge is 0.133 e. The first-order valence-electron chi connectivity index (χ1n) is 7.13. The number of fused-ring (bicyclic) bond motifs is 1. The van der Waals surface area contributed by atoms with Gasteiger partial charge in [-0.3, -0.25) is 0 Å². The summed E-state index contributed by atoms with van der Waals surface area (Å²) in [4.78, 5) is 7.49. The Labute approximate surface area is 124 Å². The summed E-state index contributed by atoms with van der Waals surface area (Å²) in [6.07, 6.45) is 5.83. The number of hydrogen-bond donors (Lipinski definition) is 1. The van der Waals surface area contributed by atoms with E-state index in [1.165, 1.54) is 5.56 Å². The molecule has 0 aliphatic carbocycles. The van der Waals surface area contributed by atoms with E-state index in [0.29, 0.717) is 4.64 Å². The summed E-state index contributed by atoms with van der Waals surface area (Å²) in [6, 6.07) is 6.34. The summed E-state index contributed by atoms with van der Waals surface area (Å²) in [6.45, 7) is 2.95. The molecule has 0 fully saturated rings. The highest BCUT2D eigenvalue weighted by Crippen LogP contribution is 2.36. The molecule has 2 aromatic rings. The van der Waals surface area contributed by atoms with Crippen molar-refractivity contribution >= 4 is 12.2 Å². The van der Waals surface area contributed by atoms with Gasteiger partial charge in [0.1, 0.15) is 10.4 Å². The third-order valence-corrected chi connectivity index (χ3v) is 4.01. The Hall–Kier alpha value is -1.68. The maximum absolute atomic E-state index is 5.91. The van der Waals surface area contributed by atoms with Gasteiger partial charge in [-0.15, -0.1) is 0 Å². The number of rotatable bonds is 3. The van der Waals surface area contributed by atoms with Crippen LogP contribution >= 0.6 is 12.2 Å². The van der Waals surface area contributed by atoms with Crippen molar-refractivity contribution in [1.82, 2.24) is 9.97 Å². The summed E-state index contributed by atoms with van der Waals surface area (Å²) in [5.74, 6) is 1.01. The molecule has 1 N–H and O–H groups in total. The van der Waals surface area contributed by atoms with E-state index in [-0.39, 0.29) is 0 Å². The molecule has 1 aromatic carbocycles. The van der Waals surface area contributed by atoms with Gasteiger partial charge in [-0.1, -0.05) is 37.7 Å². The number of ether oxygens (including phenoxy) is 1. The van der Waals surface area contributed by atoms with Crippen LogP contribution in [0.4, 0.5) is 0 Å². The van der Waals surface area contributed by atoms with Gasteiger partial charge in [0, 0.05) is 11.1 Å². The van der Waals surface area contributed by atoms with Crippen molar-refractivity contribution in [3.05, 3.63) is 40.3 Å². The largest absolute Gasteiger partial charge is 0.493 e. The van der Waals surface area contributed by atoms with Gasteiger partial charge < -0.3 is 9.72 Å². The summed E-state index contributed by atoms with van der Waals surface area (Å²) in [5.41, 5.74) is 4.57. The van der Waals surface area contributed by atoms with Gasteiger partial charge in [-0.25, -0.2) is 4.98 Å². The molecule has 0 amide bonds. The van der Waals surface area contributed by atoms with Gasteiger partial charge in [0.25, 0.3) is 0 Å². The summed E-state index contributed by atoms with van der Waals surface area (Å²) < 4.78 is 6.60. The first-order chi connectivity index (χ1) is 9.81. The van der Waals surface area contributed by atoms with Crippen LogP contribution in [0.2, 0.25) is 0 Å². The molecule has 0 unspecified atom stereocenters. The van der Waals surface area contributed by atoms with E-state index < -0.39 is 0 Å². The number of para-hydroxylation sites is 1. The first kappa shape index (κ1) is 13.3. The van der Waals surface area contributed by atoms with Crippen LogP contribution in [0.15, 0.2) is 24.5 Å². The molecule has 1 aliphatic rings. The van der Waals surface area contributed by atoms with Crippen molar-refractivity contribution in [1.29, 1.82) is 0 Å². The number of hydrogen-bond acceptors (Lipinski definition) is 3. The second-order valence-corrected chi connectivity index (χ2v) is 5.44. The van der Waals surface area contributed by atoms with E-state index in [2.05, 4.69) is 35.1 Å². The van der Waals surface area contributed by atoms with E-state index in [9.17, 15) is 0 Å². The molecule has 4 heteroatoms. The number of aromatic amines is 1. The average molecular weight is 286 g/mol. The molecule has 1 aliphatic heterocycles. The fraction of sp³-hybridized carbons (Fsp3) is 0.375. The number of benzene rings is 1. The van der Waals surface area contributed by atoms with Crippen LogP contribution in [0.5, 0.6) is 5.75 Å². The molecule has 104 valence electrons. The molecule has 0 saturated carbocycles. The van der Waals surface area contributed by atoms with Crippen molar-refractivity contribution in [2.24, 2.45) is 0 Å². The zero-order valence-corrected chi connectivity index (χ0v) is 12.4. The molecular formula is C16H18N2OS. The molecule has 2 heterocycles. The lowest BCUT2D eigenvalue weighted by Crippen LogP contribution is -2.10. The quantitative estimate of drug-likeness (QED) is 0.864. The highest BCUT2D eigenvalue weighted by atomic mass is 32.1. The van der Waals surface area contributed by atoms with Crippen LogP contribution in [0.25, 0.3) is 11.3 Å². The van der Waals surface area contributed by atoms with E-state index in [1.807, 2.05) is 0 Å². The van der Waals surface area contributed by atoms with Crippen LogP contribution in [0.3, 0.4) is 0 Å². The summed E-state index contributed by atoms with van der Waals surface area (Å²) in [7, 11) is 0. The number of aromatic nitrogens is 2. The number of H-pyrrole nitrogens is 1. The minimum absolute atomic E-state index is 0.689. The van der Waals surface area contributed by atoms with Gasteiger partial charge >= 0.3 is 0 Å². The first-order valence-corrected chi connectivity index (χ1v) is 7.53. The second-order valence-electron chi connectivity index (χ2n) is 5.06. The molecule has 0 radical (unpaired) electrons. The average Bonchev–Trinajstić information content (AvgIpc) is 2.49. The Balaban J connectivity index is 2.19. The monoisotopic (exact) mass is 286 g/mol. The zero-order valence-electron chi connectivity index (χ0n) is 11.6. The Kier molecular flexibility index (Phi) is 3.83. The van der Waals surface area contributed by atoms with Gasteiger partial charge in [0.2, 0.25) is 0 Å². The molecule has 3 nitrogen and oxygen atoms in total. The second kappa shape index (κ2) is 5.75. The molecule has 1 aromatic heterocycles. The SMILES string of the molecule is CCCc1c(-c2cccc3c2OCCC3)[nH]cnc1=S. The predicted octanol–water partition coefficient (Wildman–Crippen LogP) is 4.08. The molecule has 3 rings (SSSR count). The van der Waals surface area contributed by atoms with Gasteiger partial charge in [-0.2, -0.15) is 0 Å². The van der Waals surface area contributed by atoms with Crippen LogP contribution in [-0.4, -0.2) is 16.6 Å². The summed E-state index contributed by atoms with van der Waals surface area (Å²) >= 11 is 5.39. The maximum Gasteiger partial charge on any atom is 0.133 e. The third kappa shape index (κ3) is 2.36. The van der Waals surface area contributed by atoms with Crippen LogP contribution in [0, 0.1) is 4.64 Å². The predicted molar refractivity (Wildman–Crippen MR) is 82.7 cm³/mol. The molecular weight excluding hydrogens is 268 g/mol. The topological polar surface area (TPSA) is 37.9 Å². The molecule has 0 atom stereocenters. The molecule has 0 saturated heterocycles. The van der Waals surface area contributed by atoms with Crippen LogP contribution < -0.4 is 4.74 Å². The van der Waals surface area contributed by atoms with Crippen molar-refractivity contribution in [3.8, 4) is 17.0 Å². The number of aryl methyl sites for hydroxylation is 1. The molecule has 0 spiro atoms. The zero-order chi connectivity index (χ0) is 13.9. The van der Waals surface area contributed by atoms with E-state index in [0.717, 1.165) is 54.9 Å².